The van der Waals surface area contributed by atoms with Crippen molar-refractivity contribution >= 4 is 5.57 Å². The zero-order valence-electron chi connectivity index (χ0n) is 5.68. The highest BCUT2D eigenvalue weighted by molar-refractivity contribution is 5.61. The zero-order valence-corrected chi connectivity index (χ0v) is 5.68. The molecule has 1 aromatic heterocycles. The van der Waals surface area contributed by atoms with Crippen molar-refractivity contribution in [2.24, 2.45) is 0 Å². The number of hydrogen-bond donors (Lipinski definition) is 1. The van der Waals surface area contributed by atoms with Crippen LogP contribution in [0.5, 0.6) is 0 Å². The van der Waals surface area contributed by atoms with E-state index in [4.69, 9.17) is 0 Å². The van der Waals surface area contributed by atoms with Gasteiger partial charge in [0.2, 0.25) is 0 Å². The second-order valence-electron chi connectivity index (χ2n) is 1.96. The molecule has 1 N–H and O–H groups in total. The highest BCUT2D eigenvalue weighted by Gasteiger charge is 1.91. The van der Waals surface area contributed by atoms with Crippen LogP contribution in [0.3, 0.4) is 0 Å². The molecule has 2 nitrogen and oxygen atoms in total. The van der Waals surface area contributed by atoms with Crippen molar-refractivity contribution in [2.75, 3.05) is 0 Å². The summed E-state index contributed by atoms with van der Waals surface area (Å²) >= 11 is 0. The van der Waals surface area contributed by atoms with Crippen molar-refractivity contribution < 1.29 is 0 Å². The third-order valence-corrected chi connectivity index (χ3v) is 1.39. The summed E-state index contributed by atoms with van der Waals surface area (Å²) < 4.78 is 0. The molecular weight excluding hydrogens is 112 g/mol. The lowest BCUT2D eigenvalue weighted by Gasteiger charge is -1.89. The van der Waals surface area contributed by atoms with E-state index in [1.807, 2.05) is 19.3 Å². The molecule has 0 atom stereocenters. The molecule has 9 heavy (non-hydrogen) atoms. The second kappa shape index (κ2) is 2.49. The first-order valence-electron chi connectivity index (χ1n) is 2.96. The Balaban J connectivity index is 2.90. The smallest absolute Gasteiger partial charge is 0.0562 e. The number of allylic oxidation sites excluding steroid dienone is 2. The van der Waals surface area contributed by atoms with Gasteiger partial charge in [-0.05, 0) is 19.4 Å². The minimum Gasteiger partial charge on any atom is -0.285 e. The van der Waals surface area contributed by atoms with Gasteiger partial charge in [-0.1, -0.05) is 6.08 Å². The van der Waals surface area contributed by atoms with Gasteiger partial charge in [-0.3, -0.25) is 5.10 Å². The molecule has 48 valence electrons. The molecule has 1 aromatic rings. The lowest BCUT2D eigenvalue weighted by atomic mass is 10.2. The average Bonchev–Trinajstić information content (AvgIpc) is 2.37. The third-order valence-electron chi connectivity index (χ3n) is 1.39. The molecule has 0 fully saturated rings. The van der Waals surface area contributed by atoms with Crippen LogP contribution in [0.15, 0.2) is 18.5 Å². The molecule has 0 aliphatic rings. The molecule has 0 spiro atoms. The predicted octanol–water partition coefficient (Wildman–Crippen LogP) is 1.83. The maximum atomic E-state index is 3.83. The standard InChI is InChI=1S/C7H10N2/c1-3-6(2)7-4-8-9-5-7/h3-5H,1-2H3,(H,8,9)/b6-3-. The molecular formula is C7H10N2. The van der Waals surface area contributed by atoms with Gasteiger partial charge in [-0.15, -0.1) is 0 Å². The van der Waals surface area contributed by atoms with E-state index in [1.54, 1.807) is 0 Å². The van der Waals surface area contributed by atoms with E-state index in [0.29, 0.717) is 0 Å². The molecule has 1 heterocycles. The normalized spacial score (nSPS) is 12.0. The number of nitrogens with zero attached hydrogens (tertiary/aromatic N) is 1. The van der Waals surface area contributed by atoms with Crippen LogP contribution < -0.4 is 0 Å². The largest absolute Gasteiger partial charge is 0.285 e. The summed E-state index contributed by atoms with van der Waals surface area (Å²) in [5.74, 6) is 0. The third kappa shape index (κ3) is 1.19. The Morgan fingerprint density at radius 2 is 2.56 bits per heavy atom. The molecule has 0 bridgehead atoms. The first-order valence-corrected chi connectivity index (χ1v) is 2.96. The summed E-state index contributed by atoms with van der Waals surface area (Å²) in [6, 6.07) is 0. The Morgan fingerprint density at radius 3 is 3.00 bits per heavy atom. The average molecular weight is 122 g/mol. The van der Waals surface area contributed by atoms with Gasteiger partial charge in [0, 0.05) is 11.8 Å². The monoisotopic (exact) mass is 122 g/mol. The van der Waals surface area contributed by atoms with Crippen LogP contribution in [-0.2, 0) is 0 Å². The summed E-state index contributed by atoms with van der Waals surface area (Å²) in [6.07, 6.45) is 5.76. The lowest BCUT2D eigenvalue weighted by Crippen LogP contribution is -1.69. The van der Waals surface area contributed by atoms with Crippen molar-refractivity contribution in [3.05, 3.63) is 24.0 Å². The number of hydrogen-bond acceptors (Lipinski definition) is 1. The van der Waals surface area contributed by atoms with Crippen molar-refractivity contribution in [1.29, 1.82) is 0 Å². The van der Waals surface area contributed by atoms with E-state index < -0.39 is 0 Å². The fraction of sp³-hybridized carbons (Fsp3) is 0.286. The summed E-state index contributed by atoms with van der Waals surface area (Å²) in [7, 11) is 0. The van der Waals surface area contributed by atoms with Gasteiger partial charge in [0.15, 0.2) is 0 Å². The Labute approximate surface area is 54.6 Å². The Kier molecular flexibility index (Phi) is 1.68. The minimum atomic E-state index is 1.16. The van der Waals surface area contributed by atoms with Gasteiger partial charge in [0.05, 0.1) is 6.20 Å². The quantitative estimate of drug-likeness (QED) is 0.604. The molecule has 0 unspecified atom stereocenters. The minimum absolute atomic E-state index is 1.16. The maximum absolute atomic E-state index is 3.83. The summed E-state index contributed by atoms with van der Waals surface area (Å²) in [6.45, 7) is 4.08. The van der Waals surface area contributed by atoms with Crippen LogP contribution >= 0.6 is 0 Å². The van der Waals surface area contributed by atoms with Crippen LogP contribution in [0.25, 0.3) is 5.57 Å². The van der Waals surface area contributed by atoms with E-state index >= 15 is 0 Å². The first kappa shape index (κ1) is 6.08. The molecule has 2 heteroatoms. The van der Waals surface area contributed by atoms with E-state index in [1.165, 1.54) is 5.57 Å². The van der Waals surface area contributed by atoms with Gasteiger partial charge in [-0.2, -0.15) is 5.10 Å². The summed E-state index contributed by atoms with van der Waals surface area (Å²) in [5.41, 5.74) is 2.42. The fourth-order valence-electron chi connectivity index (χ4n) is 0.633. The van der Waals surface area contributed by atoms with Crippen molar-refractivity contribution in [3.63, 3.8) is 0 Å². The molecule has 0 aliphatic heterocycles. The second-order valence-corrected chi connectivity index (χ2v) is 1.96. The number of rotatable bonds is 1. The lowest BCUT2D eigenvalue weighted by molar-refractivity contribution is 1.09. The van der Waals surface area contributed by atoms with E-state index in [-0.39, 0.29) is 0 Å². The van der Waals surface area contributed by atoms with Crippen LogP contribution in [-0.4, -0.2) is 10.2 Å². The van der Waals surface area contributed by atoms with Crippen LogP contribution in [0.4, 0.5) is 0 Å². The molecule has 0 saturated heterocycles. The number of nitrogens with one attached hydrogen (secondary N) is 1. The Morgan fingerprint density at radius 1 is 1.78 bits per heavy atom. The van der Waals surface area contributed by atoms with Gasteiger partial charge >= 0.3 is 0 Å². The number of aromatic amines is 1. The van der Waals surface area contributed by atoms with Crippen LogP contribution in [0.2, 0.25) is 0 Å². The van der Waals surface area contributed by atoms with E-state index in [9.17, 15) is 0 Å². The molecule has 0 saturated carbocycles. The van der Waals surface area contributed by atoms with Crippen LogP contribution in [0.1, 0.15) is 19.4 Å². The van der Waals surface area contributed by atoms with E-state index in [0.717, 1.165) is 5.56 Å². The molecule has 0 amide bonds. The van der Waals surface area contributed by atoms with Crippen molar-refractivity contribution in [3.8, 4) is 0 Å². The van der Waals surface area contributed by atoms with E-state index in [2.05, 4.69) is 23.2 Å². The Bertz CT molecular complexity index is 197. The van der Waals surface area contributed by atoms with Crippen molar-refractivity contribution in [2.45, 2.75) is 13.8 Å². The van der Waals surface area contributed by atoms with Gasteiger partial charge in [0.25, 0.3) is 0 Å². The van der Waals surface area contributed by atoms with Crippen molar-refractivity contribution in [1.82, 2.24) is 10.2 Å². The SMILES string of the molecule is C/C=C(/C)c1cn[nH]c1. The van der Waals surface area contributed by atoms with Gasteiger partial charge < -0.3 is 0 Å². The highest BCUT2D eigenvalue weighted by Crippen LogP contribution is 2.08. The van der Waals surface area contributed by atoms with Gasteiger partial charge in [0.1, 0.15) is 0 Å². The maximum Gasteiger partial charge on any atom is 0.0562 e. The first-order chi connectivity index (χ1) is 4.34. The Hall–Kier alpha value is -1.05. The molecule has 0 aromatic carbocycles. The highest BCUT2D eigenvalue weighted by atomic mass is 15.1. The molecule has 0 radical (unpaired) electrons. The number of H-pyrrole nitrogens is 1. The van der Waals surface area contributed by atoms with Crippen LogP contribution in [0, 0.1) is 0 Å². The zero-order chi connectivity index (χ0) is 6.69. The molecule has 1 rings (SSSR count). The predicted molar refractivity (Wildman–Crippen MR) is 37.9 cm³/mol. The summed E-state index contributed by atoms with van der Waals surface area (Å²) in [4.78, 5) is 0. The number of aromatic nitrogens is 2. The topological polar surface area (TPSA) is 28.7 Å². The fourth-order valence-corrected chi connectivity index (χ4v) is 0.633. The summed E-state index contributed by atoms with van der Waals surface area (Å²) in [5, 5.41) is 6.58. The van der Waals surface area contributed by atoms with Gasteiger partial charge in [-0.25, -0.2) is 0 Å². The molecule has 0 aliphatic carbocycles.